The van der Waals surface area contributed by atoms with E-state index in [0.29, 0.717) is 19.5 Å². The minimum absolute atomic E-state index is 0.0195. The van der Waals surface area contributed by atoms with Gasteiger partial charge >= 0.3 is 5.97 Å². The molecule has 1 aromatic rings. The average molecular weight is 259 g/mol. The van der Waals surface area contributed by atoms with Crippen molar-refractivity contribution in [3.8, 4) is 0 Å². The zero-order valence-corrected chi connectivity index (χ0v) is 10.9. The van der Waals surface area contributed by atoms with Gasteiger partial charge < -0.3 is 10.0 Å². The zero-order chi connectivity index (χ0) is 13.6. The third-order valence-electron chi connectivity index (χ3n) is 4.57. The Morgan fingerprint density at radius 1 is 1.42 bits per heavy atom. The number of carboxylic acids is 1. The molecule has 0 aromatic heterocycles. The molecule has 4 heteroatoms. The standard InChI is InChI=1S/C15H17NO3/c1-16-8-12(14(18)19)15(9-16)7-6-10-4-2-3-5-11(10)13(15)17/h2-5,12H,6-9H2,1H3,(H,18,19)/t12-,15+/m1/s1. The van der Waals surface area contributed by atoms with Crippen molar-refractivity contribution >= 4 is 11.8 Å². The third kappa shape index (κ3) is 1.70. The number of fused-ring (bicyclic) bond motifs is 1. The summed E-state index contributed by atoms with van der Waals surface area (Å²) in [5.41, 5.74) is 1.04. The molecule has 1 aliphatic heterocycles. The number of carbonyl (C=O) groups excluding carboxylic acids is 1. The van der Waals surface area contributed by atoms with E-state index in [1.165, 1.54) is 0 Å². The lowest BCUT2D eigenvalue weighted by molar-refractivity contribution is -0.144. The molecule has 1 spiro atoms. The van der Waals surface area contributed by atoms with Gasteiger partial charge in [-0.3, -0.25) is 9.59 Å². The Labute approximate surface area is 112 Å². The van der Waals surface area contributed by atoms with E-state index in [4.69, 9.17) is 0 Å². The lowest BCUT2D eigenvalue weighted by Crippen LogP contribution is -2.45. The van der Waals surface area contributed by atoms with Crippen molar-refractivity contribution in [3.63, 3.8) is 0 Å². The van der Waals surface area contributed by atoms with Crippen LogP contribution in [0.25, 0.3) is 0 Å². The molecule has 0 amide bonds. The van der Waals surface area contributed by atoms with Crippen molar-refractivity contribution in [1.29, 1.82) is 0 Å². The highest BCUT2D eigenvalue weighted by molar-refractivity contribution is 6.05. The van der Waals surface area contributed by atoms with Crippen LogP contribution in [0.4, 0.5) is 0 Å². The molecule has 4 nitrogen and oxygen atoms in total. The molecule has 2 atom stereocenters. The van der Waals surface area contributed by atoms with Crippen LogP contribution in [-0.4, -0.2) is 41.9 Å². The van der Waals surface area contributed by atoms with Crippen molar-refractivity contribution in [2.75, 3.05) is 20.1 Å². The van der Waals surface area contributed by atoms with Crippen molar-refractivity contribution < 1.29 is 14.7 Å². The van der Waals surface area contributed by atoms with E-state index >= 15 is 0 Å². The Hall–Kier alpha value is -1.68. The number of carboxylic acid groups (broad SMARTS) is 1. The fourth-order valence-electron chi connectivity index (χ4n) is 3.64. The highest BCUT2D eigenvalue weighted by Crippen LogP contribution is 2.45. The van der Waals surface area contributed by atoms with Gasteiger partial charge in [-0.1, -0.05) is 24.3 Å². The second kappa shape index (κ2) is 4.17. The first-order valence-electron chi connectivity index (χ1n) is 6.59. The van der Waals surface area contributed by atoms with Crippen LogP contribution in [0.3, 0.4) is 0 Å². The molecule has 1 aromatic carbocycles. The van der Waals surface area contributed by atoms with E-state index in [0.717, 1.165) is 17.5 Å². The normalized spacial score (nSPS) is 30.6. The number of nitrogens with zero attached hydrogens (tertiary/aromatic N) is 1. The molecule has 0 bridgehead atoms. The molecule has 1 aliphatic carbocycles. The first-order chi connectivity index (χ1) is 9.04. The number of ketones is 1. The van der Waals surface area contributed by atoms with Gasteiger partial charge in [0.05, 0.1) is 11.3 Å². The van der Waals surface area contributed by atoms with Crippen LogP contribution in [-0.2, 0) is 11.2 Å². The molecule has 3 rings (SSSR count). The molecular weight excluding hydrogens is 242 g/mol. The molecule has 1 N–H and O–H groups in total. The predicted molar refractivity (Wildman–Crippen MR) is 70.1 cm³/mol. The Morgan fingerprint density at radius 2 is 2.16 bits per heavy atom. The molecule has 0 unspecified atom stereocenters. The van der Waals surface area contributed by atoms with Crippen LogP contribution >= 0.6 is 0 Å². The van der Waals surface area contributed by atoms with E-state index in [1.54, 1.807) is 0 Å². The maximum Gasteiger partial charge on any atom is 0.308 e. The summed E-state index contributed by atoms with van der Waals surface area (Å²) in [6.45, 7) is 1.01. The topological polar surface area (TPSA) is 57.6 Å². The summed E-state index contributed by atoms with van der Waals surface area (Å²) in [6, 6.07) is 7.58. The van der Waals surface area contributed by atoms with Crippen molar-refractivity contribution in [1.82, 2.24) is 4.90 Å². The summed E-state index contributed by atoms with van der Waals surface area (Å²) < 4.78 is 0. The van der Waals surface area contributed by atoms with Gasteiger partial charge in [0.1, 0.15) is 0 Å². The number of hydrogen-bond donors (Lipinski definition) is 1. The van der Waals surface area contributed by atoms with E-state index in [-0.39, 0.29) is 5.78 Å². The van der Waals surface area contributed by atoms with Crippen LogP contribution in [0.1, 0.15) is 22.3 Å². The van der Waals surface area contributed by atoms with Crippen molar-refractivity contribution in [2.45, 2.75) is 12.8 Å². The van der Waals surface area contributed by atoms with E-state index in [2.05, 4.69) is 0 Å². The molecule has 100 valence electrons. The summed E-state index contributed by atoms with van der Waals surface area (Å²) in [4.78, 5) is 26.3. The number of Topliss-reactive ketones (excluding diaryl/α,β-unsaturated/α-hetero) is 1. The summed E-state index contributed by atoms with van der Waals surface area (Å²) >= 11 is 0. The first-order valence-corrected chi connectivity index (χ1v) is 6.59. The molecule has 0 radical (unpaired) electrons. The van der Waals surface area contributed by atoms with E-state index in [1.807, 2.05) is 36.2 Å². The third-order valence-corrected chi connectivity index (χ3v) is 4.57. The quantitative estimate of drug-likeness (QED) is 0.829. The zero-order valence-electron chi connectivity index (χ0n) is 10.9. The smallest absolute Gasteiger partial charge is 0.308 e. The van der Waals surface area contributed by atoms with Gasteiger partial charge in [0.15, 0.2) is 5.78 Å². The van der Waals surface area contributed by atoms with Crippen LogP contribution in [0.2, 0.25) is 0 Å². The lowest BCUT2D eigenvalue weighted by Gasteiger charge is -2.35. The van der Waals surface area contributed by atoms with Crippen LogP contribution < -0.4 is 0 Å². The SMILES string of the molecule is CN1C[C@H](C(=O)O)[C@]2(CCc3ccccc3C2=O)C1. The molecule has 2 aliphatic rings. The maximum absolute atomic E-state index is 12.8. The number of likely N-dealkylation sites (tertiary alicyclic amines) is 1. The Bertz CT molecular complexity index is 554. The minimum atomic E-state index is -0.850. The number of rotatable bonds is 1. The number of benzene rings is 1. The van der Waals surface area contributed by atoms with Crippen LogP contribution in [0, 0.1) is 11.3 Å². The van der Waals surface area contributed by atoms with Gasteiger partial charge in [-0.15, -0.1) is 0 Å². The number of aliphatic carboxylic acids is 1. The summed E-state index contributed by atoms with van der Waals surface area (Å²) in [5.74, 6) is -1.42. The molecule has 1 saturated heterocycles. The summed E-state index contributed by atoms with van der Waals surface area (Å²) in [7, 11) is 1.89. The van der Waals surface area contributed by atoms with Gasteiger partial charge in [-0.25, -0.2) is 0 Å². The molecule has 1 fully saturated rings. The molecule has 0 saturated carbocycles. The highest BCUT2D eigenvalue weighted by Gasteiger charge is 2.55. The number of carbonyl (C=O) groups is 2. The molecule has 19 heavy (non-hydrogen) atoms. The fourth-order valence-corrected chi connectivity index (χ4v) is 3.64. The van der Waals surface area contributed by atoms with Gasteiger partial charge in [0.25, 0.3) is 0 Å². The Kier molecular flexibility index (Phi) is 2.71. The van der Waals surface area contributed by atoms with Crippen LogP contribution in [0.5, 0.6) is 0 Å². The average Bonchev–Trinajstić information content (AvgIpc) is 2.73. The van der Waals surface area contributed by atoms with Gasteiger partial charge in [0, 0.05) is 18.7 Å². The van der Waals surface area contributed by atoms with Gasteiger partial charge in [-0.05, 0) is 25.5 Å². The summed E-state index contributed by atoms with van der Waals surface area (Å²) in [5, 5.41) is 9.44. The second-order valence-corrected chi connectivity index (χ2v) is 5.73. The van der Waals surface area contributed by atoms with Gasteiger partial charge in [-0.2, -0.15) is 0 Å². The predicted octanol–water partition coefficient (Wildman–Crippen LogP) is 1.45. The second-order valence-electron chi connectivity index (χ2n) is 5.73. The van der Waals surface area contributed by atoms with Gasteiger partial charge in [0.2, 0.25) is 0 Å². The monoisotopic (exact) mass is 259 g/mol. The Balaban J connectivity index is 2.07. The lowest BCUT2D eigenvalue weighted by atomic mass is 9.65. The van der Waals surface area contributed by atoms with Crippen molar-refractivity contribution in [2.24, 2.45) is 11.3 Å². The number of aryl methyl sites for hydroxylation is 1. The van der Waals surface area contributed by atoms with Crippen LogP contribution in [0.15, 0.2) is 24.3 Å². The van der Waals surface area contributed by atoms with Crippen molar-refractivity contribution in [3.05, 3.63) is 35.4 Å². The maximum atomic E-state index is 12.8. The molecular formula is C15H17NO3. The minimum Gasteiger partial charge on any atom is -0.481 e. The largest absolute Gasteiger partial charge is 0.481 e. The van der Waals surface area contributed by atoms with E-state index in [9.17, 15) is 14.7 Å². The Morgan fingerprint density at radius 3 is 2.89 bits per heavy atom. The number of hydrogen-bond acceptors (Lipinski definition) is 3. The first kappa shape index (κ1) is 12.4. The fraction of sp³-hybridized carbons (Fsp3) is 0.467. The van der Waals surface area contributed by atoms with E-state index < -0.39 is 17.3 Å². The molecule has 1 heterocycles. The summed E-state index contributed by atoms with van der Waals surface area (Å²) in [6.07, 6.45) is 1.43. The highest BCUT2D eigenvalue weighted by atomic mass is 16.4.